The molecule has 1 amide bonds. The smallest absolute Gasteiger partial charge is 0.341 e. The van der Waals surface area contributed by atoms with Crippen LogP contribution in [0.15, 0.2) is 0 Å². The van der Waals surface area contributed by atoms with E-state index in [1.165, 1.54) is 127 Å². The fourth-order valence-corrected chi connectivity index (χ4v) is 10.5. The third-order valence-electron chi connectivity index (χ3n) is 13.8. The van der Waals surface area contributed by atoms with Gasteiger partial charge in [0.15, 0.2) is 0 Å². The van der Waals surface area contributed by atoms with Crippen LogP contribution in [0.25, 0.3) is 0 Å². The SMILES string of the molecule is CCCCCCCCC(CCCCCC)C(=O)OCCCCCC=O.CCCCCCCCC(CCCCCCCC)OC(=O)CCCCC(=O)N1CCc2c(sc(NC)c2C(=O)OCCCN(C)C)C1. The summed E-state index contributed by atoms with van der Waals surface area (Å²) in [6.45, 7) is 11.8. The van der Waals surface area contributed by atoms with Crippen LogP contribution in [0.3, 0.4) is 0 Å². The van der Waals surface area contributed by atoms with Crippen LogP contribution >= 0.6 is 11.3 Å². The number of nitrogens with one attached hydrogen (secondary N) is 1. The third kappa shape index (κ3) is 33.5. The van der Waals surface area contributed by atoms with E-state index >= 15 is 0 Å². The molecule has 412 valence electrons. The van der Waals surface area contributed by atoms with Crippen molar-refractivity contribution in [3.63, 3.8) is 0 Å². The zero-order chi connectivity index (χ0) is 52.2. The fourth-order valence-electron chi connectivity index (χ4n) is 9.31. The van der Waals surface area contributed by atoms with Crippen molar-refractivity contribution in [1.29, 1.82) is 0 Å². The van der Waals surface area contributed by atoms with Gasteiger partial charge in [-0.25, -0.2) is 4.79 Å². The standard InChI is InChI=1S/C37H65N3O5S.C22H42O3/c1-6-8-10-12-14-16-21-30(22-17-15-13-11-9-7-2)45-34(42)24-19-18-23-33(41)40-27-25-31-32(29-40)46-36(38-3)35(31)37(43)44-28-20-26-39(4)5;1-3-5-7-9-10-14-18-21(17-13-8-6-4-2)22(24)25-20-16-12-11-15-19-23/h30,38H,6-29H2,1-5H3;19,21H,3-18,20H2,1-2H3. The Labute approximate surface area is 438 Å². The first-order valence-electron chi connectivity index (χ1n) is 29.3. The van der Waals surface area contributed by atoms with Crippen molar-refractivity contribution in [2.75, 3.05) is 52.8 Å². The van der Waals surface area contributed by atoms with E-state index in [1.54, 1.807) is 0 Å². The lowest BCUT2D eigenvalue weighted by Gasteiger charge is -2.27. The second kappa shape index (κ2) is 45.6. The maximum Gasteiger partial charge on any atom is 0.341 e. The Morgan fingerprint density at radius 2 is 1.14 bits per heavy atom. The normalized spacial score (nSPS) is 12.6. The molecule has 71 heavy (non-hydrogen) atoms. The molecule has 0 spiro atoms. The molecule has 0 aromatic carbocycles. The molecule has 1 aromatic heterocycles. The van der Waals surface area contributed by atoms with Crippen LogP contribution in [0.2, 0.25) is 0 Å². The number of unbranched alkanes of at least 4 members (excludes halogenated alkanes) is 22. The van der Waals surface area contributed by atoms with E-state index in [0.717, 1.165) is 105 Å². The Morgan fingerprint density at radius 1 is 0.634 bits per heavy atom. The van der Waals surface area contributed by atoms with E-state index in [1.807, 2.05) is 26.0 Å². The minimum Gasteiger partial charge on any atom is -0.465 e. The Bertz CT molecular complexity index is 1480. The molecule has 11 nitrogen and oxygen atoms in total. The van der Waals surface area contributed by atoms with Crippen molar-refractivity contribution in [3.8, 4) is 0 Å². The van der Waals surface area contributed by atoms with Crippen molar-refractivity contribution in [2.45, 2.75) is 271 Å². The summed E-state index contributed by atoms with van der Waals surface area (Å²) in [4.78, 5) is 66.4. The zero-order valence-corrected chi connectivity index (χ0v) is 47.6. The molecule has 1 unspecified atom stereocenters. The number of esters is 3. The van der Waals surface area contributed by atoms with Crippen LogP contribution < -0.4 is 5.32 Å². The summed E-state index contributed by atoms with van der Waals surface area (Å²) in [5, 5.41) is 3.96. The van der Waals surface area contributed by atoms with Crippen molar-refractivity contribution < 1.29 is 38.2 Å². The summed E-state index contributed by atoms with van der Waals surface area (Å²) in [5.74, 6) is -0.182. The van der Waals surface area contributed by atoms with Gasteiger partial charge in [0.25, 0.3) is 0 Å². The number of nitrogens with zero attached hydrogens (tertiary/aromatic N) is 2. The number of thiophene rings is 1. The van der Waals surface area contributed by atoms with Gasteiger partial charge in [-0.1, -0.05) is 156 Å². The Balaban J connectivity index is 0.000000853. The monoisotopic (exact) mass is 1020 g/mol. The van der Waals surface area contributed by atoms with Gasteiger partial charge in [-0.15, -0.1) is 11.3 Å². The number of aldehydes is 1. The molecule has 0 aliphatic carbocycles. The lowest BCUT2D eigenvalue weighted by atomic mass is 9.94. The quantitative estimate of drug-likeness (QED) is 0.0291. The van der Waals surface area contributed by atoms with Gasteiger partial charge < -0.3 is 34.1 Å². The van der Waals surface area contributed by atoms with Gasteiger partial charge >= 0.3 is 17.9 Å². The van der Waals surface area contributed by atoms with Crippen LogP contribution in [0.1, 0.15) is 273 Å². The number of rotatable bonds is 45. The first kappa shape index (κ1) is 66.0. The molecule has 0 saturated heterocycles. The molecule has 0 bridgehead atoms. The molecule has 2 heterocycles. The number of ether oxygens (including phenoxy) is 3. The molecule has 1 aromatic rings. The summed E-state index contributed by atoms with van der Waals surface area (Å²) < 4.78 is 17.1. The van der Waals surface area contributed by atoms with Gasteiger partial charge in [-0.05, 0) is 103 Å². The van der Waals surface area contributed by atoms with Crippen LogP contribution in [0.4, 0.5) is 5.00 Å². The number of hydrogen-bond donors (Lipinski definition) is 1. The van der Waals surface area contributed by atoms with Gasteiger partial charge in [-0.3, -0.25) is 14.4 Å². The highest BCUT2D eigenvalue weighted by Crippen LogP contribution is 2.37. The minimum absolute atomic E-state index is 0.0143. The molecule has 0 radical (unpaired) electrons. The number of hydrogen-bond acceptors (Lipinski definition) is 11. The van der Waals surface area contributed by atoms with Crippen LogP contribution in [0, 0.1) is 5.92 Å². The van der Waals surface area contributed by atoms with E-state index in [-0.39, 0.29) is 35.8 Å². The first-order chi connectivity index (χ1) is 34.6. The van der Waals surface area contributed by atoms with Gasteiger partial charge in [-0.2, -0.15) is 0 Å². The molecule has 0 saturated carbocycles. The largest absolute Gasteiger partial charge is 0.465 e. The maximum absolute atomic E-state index is 13.1. The van der Waals surface area contributed by atoms with Crippen molar-refractivity contribution >= 4 is 46.4 Å². The number of fused-ring (bicyclic) bond motifs is 1. The molecule has 0 fully saturated rings. The van der Waals surface area contributed by atoms with Gasteiger partial charge in [0, 0.05) is 44.3 Å². The van der Waals surface area contributed by atoms with Crippen LogP contribution in [0.5, 0.6) is 0 Å². The number of carbonyl (C=O) groups is 5. The van der Waals surface area contributed by atoms with Gasteiger partial charge in [0.1, 0.15) is 17.4 Å². The summed E-state index contributed by atoms with van der Waals surface area (Å²) in [5.41, 5.74) is 1.64. The van der Waals surface area contributed by atoms with Gasteiger partial charge in [0.05, 0.1) is 31.2 Å². The second-order valence-electron chi connectivity index (χ2n) is 20.5. The van der Waals surface area contributed by atoms with Crippen molar-refractivity contribution in [1.82, 2.24) is 9.80 Å². The highest BCUT2D eigenvalue weighted by molar-refractivity contribution is 7.16. The lowest BCUT2D eigenvalue weighted by molar-refractivity contribution is -0.150. The summed E-state index contributed by atoms with van der Waals surface area (Å²) >= 11 is 1.54. The average molecular weight is 1020 g/mol. The van der Waals surface area contributed by atoms with Crippen LogP contribution in [-0.4, -0.2) is 93.5 Å². The highest BCUT2D eigenvalue weighted by Gasteiger charge is 2.30. The first-order valence-corrected chi connectivity index (χ1v) is 30.1. The Kier molecular flexibility index (Phi) is 42.4. The maximum atomic E-state index is 13.1. The molecule has 1 aliphatic rings. The second-order valence-corrected chi connectivity index (χ2v) is 21.6. The summed E-state index contributed by atoms with van der Waals surface area (Å²) in [6, 6.07) is 0. The zero-order valence-electron chi connectivity index (χ0n) is 46.8. The van der Waals surface area contributed by atoms with Crippen molar-refractivity contribution in [2.24, 2.45) is 5.92 Å². The van der Waals surface area contributed by atoms with E-state index in [2.05, 4.69) is 37.9 Å². The molecule has 1 aliphatic heterocycles. The lowest BCUT2D eigenvalue weighted by Crippen LogP contribution is -2.35. The van der Waals surface area contributed by atoms with E-state index in [9.17, 15) is 24.0 Å². The average Bonchev–Trinajstić information content (AvgIpc) is 3.74. The predicted molar refractivity (Wildman–Crippen MR) is 297 cm³/mol. The fraction of sp³-hybridized carbons (Fsp3) is 0.847. The predicted octanol–water partition coefficient (Wildman–Crippen LogP) is 15.4. The molecule has 1 atom stereocenters. The van der Waals surface area contributed by atoms with E-state index in [4.69, 9.17) is 14.2 Å². The van der Waals surface area contributed by atoms with Crippen molar-refractivity contribution in [3.05, 3.63) is 16.0 Å². The highest BCUT2D eigenvalue weighted by atomic mass is 32.1. The minimum atomic E-state index is -0.284. The molecular formula is C59H107N3O8S. The number of anilines is 1. The Morgan fingerprint density at radius 3 is 1.69 bits per heavy atom. The topological polar surface area (TPSA) is 132 Å². The molecule has 1 N–H and O–H groups in total. The summed E-state index contributed by atoms with van der Waals surface area (Å²) in [6.07, 6.45) is 39.2. The van der Waals surface area contributed by atoms with Crippen LogP contribution in [-0.2, 0) is 46.4 Å². The number of carbonyl (C=O) groups excluding carboxylic acids is 5. The third-order valence-corrected chi connectivity index (χ3v) is 15.0. The Hall–Kier alpha value is -2.99. The molecule has 2 rings (SSSR count). The number of amides is 1. The van der Waals surface area contributed by atoms with E-state index in [0.29, 0.717) is 70.4 Å². The van der Waals surface area contributed by atoms with Gasteiger partial charge in [0.2, 0.25) is 5.91 Å². The molecular weight excluding hydrogens is 911 g/mol. The van der Waals surface area contributed by atoms with E-state index < -0.39 is 0 Å². The molecule has 12 heteroatoms. The summed E-state index contributed by atoms with van der Waals surface area (Å²) in [7, 11) is 5.82.